The van der Waals surface area contributed by atoms with Gasteiger partial charge in [-0.05, 0) is 62.6 Å². The van der Waals surface area contributed by atoms with E-state index in [9.17, 15) is 9.59 Å². The van der Waals surface area contributed by atoms with E-state index in [1.54, 1.807) is 17.0 Å². The number of amides is 1. The van der Waals surface area contributed by atoms with E-state index < -0.39 is 6.04 Å². The molecule has 1 aromatic carbocycles. The van der Waals surface area contributed by atoms with Gasteiger partial charge in [0.05, 0.1) is 23.6 Å². The molecule has 1 aromatic rings. The minimum absolute atomic E-state index is 0.0826. The van der Waals surface area contributed by atoms with Crippen LogP contribution >= 0.6 is 11.6 Å². The molecule has 1 amide bonds. The van der Waals surface area contributed by atoms with Crippen molar-refractivity contribution in [3.05, 3.63) is 46.2 Å². The molecule has 0 spiro atoms. The second-order valence-corrected chi connectivity index (χ2v) is 9.96. The van der Waals surface area contributed by atoms with Crippen molar-refractivity contribution in [2.24, 2.45) is 17.8 Å². The van der Waals surface area contributed by atoms with E-state index in [0.717, 1.165) is 18.4 Å². The van der Waals surface area contributed by atoms with Crippen molar-refractivity contribution in [3.8, 4) is 0 Å². The van der Waals surface area contributed by atoms with Gasteiger partial charge in [0.15, 0.2) is 11.5 Å². The molecule has 0 N–H and O–H groups in total. The van der Waals surface area contributed by atoms with Gasteiger partial charge >= 0.3 is 0 Å². The molecule has 0 radical (unpaired) electrons. The molecule has 1 fully saturated rings. The molecular weight excluding hydrogens is 414 g/mol. The number of benzene rings is 1. The van der Waals surface area contributed by atoms with Crippen molar-refractivity contribution in [1.82, 2.24) is 4.90 Å². The van der Waals surface area contributed by atoms with Crippen LogP contribution in [0.25, 0.3) is 0 Å². The number of hydrogen-bond donors (Lipinski definition) is 0. The predicted molar refractivity (Wildman–Crippen MR) is 120 cm³/mol. The Hall–Kier alpha value is -1.85. The number of carbonyl (C=O) groups is 2. The third-order valence-corrected chi connectivity index (χ3v) is 7.24. The second kappa shape index (κ2) is 8.95. The molecule has 4 rings (SSSR count). The first-order chi connectivity index (χ1) is 14.8. The maximum Gasteiger partial charge on any atom is 0.290 e. The van der Waals surface area contributed by atoms with E-state index in [1.807, 2.05) is 26.0 Å². The van der Waals surface area contributed by atoms with E-state index in [4.69, 9.17) is 21.1 Å². The Morgan fingerprint density at radius 2 is 1.81 bits per heavy atom. The first-order valence-corrected chi connectivity index (χ1v) is 11.8. The largest absolute Gasteiger partial charge is 0.483 e. The van der Waals surface area contributed by atoms with Crippen LogP contribution in [0.5, 0.6) is 0 Å². The third kappa shape index (κ3) is 4.27. The van der Waals surface area contributed by atoms with Gasteiger partial charge in [0.25, 0.3) is 5.91 Å². The Labute approximate surface area is 189 Å². The Balaban J connectivity index is 1.66. The van der Waals surface area contributed by atoms with Gasteiger partial charge in [-0.3, -0.25) is 9.59 Å². The lowest BCUT2D eigenvalue weighted by atomic mass is 9.70. The molecule has 5 atom stereocenters. The Morgan fingerprint density at radius 1 is 1.13 bits per heavy atom. The standard InChI is InChI=1S/C25H32ClNO4/c1-14(2)30-11-5-10-27-22(17-6-8-18(26)9-7-17)21-23(28)19-12-15(3)16(4)13-20(19)31-24(21)25(27)29/h6-9,14-16,19-20,22H,5,10-13H2,1-4H3. The summed E-state index contributed by atoms with van der Waals surface area (Å²) in [6.45, 7) is 9.46. The average molecular weight is 446 g/mol. The summed E-state index contributed by atoms with van der Waals surface area (Å²) in [5.74, 6) is 0.932. The fraction of sp³-hybridized carbons (Fsp3) is 0.600. The van der Waals surface area contributed by atoms with Gasteiger partial charge < -0.3 is 14.4 Å². The van der Waals surface area contributed by atoms with Gasteiger partial charge in [0, 0.05) is 18.2 Å². The zero-order chi connectivity index (χ0) is 22.3. The molecule has 0 bridgehead atoms. The Bertz CT molecular complexity index is 878. The molecule has 1 aliphatic carbocycles. The van der Waals surface area contributed by atoms with Crippen LogP contribution < -0.4 is 0 Å². The Kier molecular flexibility index (Phi) is 6.45. The lowest BCUT2D eigenvalue weighted by Crippen LogP contribution is -2.43. The lowest BCUT2D eigenvalue weighted by Gasteiger charge is -2.40. The molecule has 5 unspecified atom stereocenters. The van der Waals surface area contributed by atoms with Gasteiger partial charge in [-0.2, -0.15) is 0 Å². The van der Waals surface area contributed by atoms with Gasteiger partial charge in [-0.1, -0.05) is 37.6 Å². The fourth-order valence-corrected chi connectivity index (χ4v) is 5.21. The summed E-state index contributed by atoms with van der Waals surface area (Å²) in [6.07, 6.45) is 2.27. The van der Waals surface area contributed by atoms with Crippen molar-refractivity contribution < 1.29 is 19.1 Å². The highest BCUT2D eigenvalue weighted by Gasteiger charge is 2.53. The Morgan fingerprint density at radius 3 is 2.48 bits per heavy atom. The molecule has 168 valence electrons. The SMILES string of the molecule is CC(C)OCCCN1C(=O)C2=C(C(=O)C3CC(C)C(C)CC3O2)C1c1ccc(Cl)cc1. The molecule has 0 saturated heterocycles. The van der Waals surface area contributed by atoms with E-state index >= 15 is 0 Å². The number of halogens is 1. The number of ether oxygens (including phenoxy) is 2. The monoisotopic (exact) mass is 445 g/mol. The number of ketones is 1. The van der Waals surface area contributed by atoms with Gasteiger partial charge in [0.1, 0.15) is 6.10 Å². The summed E-state index contributed by atoms with van der Waals surface area (Å²) >= 11 is 6.10. The number of carbonyl (C=O) groups excluding carboxylic acids is 2. The number of hydrogen-bond acceptors (Lipinski definition) is 4. The van der Waals surface area contributed by atoms with E-state index in [1.165, 1.54) is 0 Å². The van der Waals surface area contributed by atoms with E-state index in [0.29, 0.717) is 42.0 Å². The number of Topliss-reactive ketones (excluding diaryl/α,β-unsaturated/α-hetero) is 1. The first-order valence-electron chi connectivity index (χ1n) is 11.4. The topological polar surface area (TPSA) is 55.8 Å². The lowest BCUT2D eigenvalue weighted by molar-refractivity contribution is -0.137. The van der Waals surface area contributed by atoms with Crippen LogP contribution in [0.3, 0.4) is 0 Å². The van der Waals surface area contributed by atoms with Gasteiger partial charge in [0.2, 0.25) is 0 Å². The molecule has 0 aromatic heterocycles. The van der Waals surface area contributed by atoms with Crippen molar-refractivity contribution >= 4 is 23.3 Å². The summed E-state index contributed by atoms with van der Waals surface area (Å²) in [5.41, 5.74) is 1.42. The summed E-state index contributed by atoms with van der Waals surface area (Å²) < 4.78 is 11.9. The highest BCUT2D eigenvalue weighted by molar-refractivity contribution is 6.30. The molecule has 1 saturated carbocycles. The maximum atomic E-state index is 13.7. The smallest absolute Gasteiger partial charge is 0.290 e. The van der Waals surface area contributed by atoms with Crippen LogP contribution in [-0.2, 0) is 19.1 Å². The zero-order valence-corrected chi connectivity index (χ0v) is 19.5. The molecule has 2 aliphatic heterocycles. The van der Waals surface area contributed by atoms with Crippen molar-refractivity contribution in [2.45, 2.75) is 65.2 Å². The molecule has 5 nitrogen and oxygen atoms in total. The van der Waals surface area contributed by atoms with E-state index in [2.05, 4.69) is 13.8 Å². The summed E-state index contributed by atoms with van der Waals surface area (Å²) in [4.78, 5) is 28.9. The van der Waals surface area contributed by atoms with Crippen molar-refractivity contribution in [3.63, 3.8) is 0 Å². The predicted octanol–water partition coefficient (Wildman–Crippen LogP) is 4.94. The number of nitrogens with zero attached hydrogens (tertiary/aromatic N) is 1. The van der Waals surface area contributed by atoms with Gasteiger partial charge in [-0.15, -0.1) is 0 Å². The number of rotatable bonds is 6. The van der Waals surface area contributed by atoms with Crippen LogP contribution in [-0.4, -0.2) is 41.9 Å². The highest BCUT2D eigenvalue weighted by Crippen LogP contribution is 2.48. The van der Waals surface area contributed by atoms with Crippen molar-refractivity contribution in [1.29, 1.82) is 0 Å². The van der Waals surface area contributed by atoms with Crippen LogP contribution in [0.4, 0.5) is 0 Å². The highest BCUT2D eigenvalue weighted by atomic mass is 35.5. The van der Waals surface area contributed by atoms with Crippen LogP contribution in [0.2, 0.25) is 5.02 Å². The van der Waals surface area contributed by atoms with Gasteiger partial charge in [-0.25, -0.2) is 0 Å². The molecule has 31 heavy (non-hydrogen) atoms. The summed E-state index contributed by atoms with van der Waals surface area (Å²) in [6, 6.07) is 6.99. The maximum absolute atomic E-state index is 13.7. The van der Waals surface area contributed by atoms with E-state index in [-0.39, 0.29) is 35.6 Å². The average Bonchev–Trinajstić information content (AvgIpc) is 3.00. The molecular formula is C25H32ClNO4. The molecule has 3 aliphatic rings. The normalized spacial score (nSPS) is 30.5. The molecule has 6 heteroatoms. The first kappa shape index (κ1) is 22.3. The zero-order valence-electron chi connectivity index (χ0n) is 18.8. The molecule has 2 heterocycles. The minimum atomic E-state index is -0.429. The van der Waals surface area contributed by atoms with Crippen LogP contribution in [0.1, 0.15) is 58.6 Å². The fourth-order valence-electron chi connectivity index (χ4n) is 5.08. The third-order valence-electron chi connectivity index (χ3n) is 6.99. The van der Waals surface area contributed by atoms with Crippen LogP contribution in [0.15, 0.2) is 35.6 Å². The minimum Gasteiger partial charge on any atom is -0.483 e. The summed E-state index contributed by atoms with van der Waals surface area (Å²) in [5, 5.41) is 0.625. The quantitative estimate of drug-likeness (QED) is 0.582. The number of fused-ring (bicyclic) bond motifs is 1. The summed E-state index contributed by atoms with van der Waals surface area (Å²) in [7, 11) is 0. The second-order valence-electron chi connectivity index (χ2n) is 9.52. The van der Waals surface area contributed by atoms with Crippen LogP contribution in [0, 0.1) is 17.8 Å². The van der Waals surface area contributed by atoms with Crippen molar-refractivity contribution in [2.75, 3.05) is 13.2 Å².